The number of halogens is 1. The number of fused-ring (bicyclic) bond motifs is 2. The molecule has 0 unspecified atom stereocenters. The van der Waals surface area contributed by atoms with Gasteiger partial charge in [-0.25, -0.2) is 13.9 Å². The first-order valence-electron chi connectivity index (χ1n) is 9.36. The van der Waals surface area contributed by atoms with Gasteiger partial charge in [0.15, 0.2) is 17.4 Å². The average Bonchev–Trinajstić information content (AvgIpc) is 3.13. The molecule has 4 heterocycles. The van der Waals surface area contributed by atoms with Crippen LogP contribution in [0.5, 0.6) is 5.88 Å². The molecule has 0 aromatic carbocycles. The molecule has 2 N–H and O–H groups in total. The molecule has 2 fully saturated rings. The van der Waals surface area contributed by atoms with E-state index in [0.717, 1.165) is 0 Å². The number of hydrogen-bond acceptors (Lipinski definition) is 9. The van der Waals surface area contributed by atoms with Gasteiger partial charge >= 0.3 is 7.82 Å². The number of imidazole rings is 1. The second kappa shape index (κ2) is 7.17. The molecule has 29 heavy (non-hydrogen) atoms. The molecule has 4 rings (SSSR count). The third-order valence-electron chi connectivity index (χ3n) is 4.74. The molecule has 0 radical (unpaired) electrons. The maximum Gasteiger partial charge on any atom is 0.475 e. The maximum absolute atomic E-state index is 15.9. The molecule has 5 atom stereocenters. The predicted molar refractivity (Wildman–Crippen MR) is 101 cm³/mol. The van der Waals surface area contributed by atoms with Crippen LogP contribution < -0.4 is 10.5 Å². The number of nitrogens with two attached hydrogens (primary N) is 1. The smallest absolute Gasteiger partial charge is 0.475 e. The molecule has 2 saturated heterocycles. The van der Waals surface area contributed by atoms with Gasteiger partial charge in [0.25, 0.3) is 0 Å². The van der Waals surface area contributed by atoms with E-state index in [1.54, 1.807) is 19.9 Å². The summed E-state index contributed by atoms with van der Waals surface area (Å²) < 4.78 is 57.5. The zero-order chi connectivity index (χ0) is 21.0. The molecule has 2 aromatic heterocycles. The summed E-state index contributed by atoms with van der Waals surface area (Å²) in [5.41, 5.74) is 4.76. The largest absolute Gasteiger partial charge is 0.476 e. The second-order valence-electron chi connectivity index (χ2n) is 7.41. The van der Waals surface area contributed by atoms with E-state index >= 15 is 4.39 Å². The van der Waals surface area contributed by atoms with Gasteiger partial charge in [-0.05, 0) is 27.7 Å². The zero-order valence-electron chi connectivity index (χ0n) is 16.6. The molecule has 0 bridgehead atoms. The molecule has 2 aliphatic heterocycles. The lowest BCUT2D eigenvalue weighted by Crippen LogP contribution is -2.45. The van der Waals surface area contributed by atoms with E-state index in [0.29, 0.717) is 17.6 Å². The Morgan fingerprint density at radius 2 is 2.28 bits per heavy atom. The Hall–Kier alpha value is -1.78. The minimum absolute atomic E-state index is 0.120. The Bertz CT molecular complexity index is 967. The lowest BCUT2D eigenvalue weighted by molar-refractivity contribution is -0.0732. The Kier molecular flexibility index (Phi) is 5.07. The molecule has 10 nitrogen and oxygen atoms in total. The van der Waals surface area contributed by atoms with Crippen molar-refractivity contribution >= 4 is 24.7 Å². The molecule has 0 spiro atoms. The minimum atomic E-state index is -3.89. The normalized spacial score (nSPS) is 34.6. The van der Waals surface area contributed by atoms with E-state index in [4.69, 9.17) is 28.8 Å². The summed E-state index contributed by atoms with van der Waals surface area (Å²) >= 11 is 0. The van der Waals surface area contributed by atoms with Crippen LogP contribution in [-0.4, -0.2) is 51.7 Å². The van der Waals surface area contributed by atoms with Crippen LogP contribution >= 0.6 is 7.82 Å². The first kappa shape index (κ1) is 20.5. The number of anilines is 1. The molecule has 0 amide bonds. The SMILES string of the molecule is CCOc1nc(N)cc2c1ncn2[C@@H]1O[C@@H]2CO[P@@](=O)(OC(C)C)O[C@H]2[C@@]1(C)F. The quantitative estimate of drug-likeness (QED) is 0.714. The standard InChI is InChI=1S/C17H24FN4O6P/c1-5-24-15-13-10(6-12(19)21-15)22(8-20-13)16-17(4,18)14-11(26-16)7-25-29(23,28-14)27-9(2)3/h6,8-9,11,14,16H,5,7H2,1-4H3,(H2,19,21)/t11-,14-,16-,17-,29+/m1/s1. The lowest BCUT2D eigenvalue weighted by atomic mass is 9.98. The van der Waals surface area contributed by atoms with Crippen molar-refractivity contribution in [3.63, 3.8) is 0 Å². The molecular formula is C17H24FN4O6P. The van der Waals surface area contributed by atoms with Gasteiger partial charge in [-0.1, -0.05) is 0 Å². The van der Waals surface area contributed by atoms with Gasteiger partial charge in [-0.15, -0.1) is 0 Å². The Balaban J connectivity index is 1.70. The van der Waals surface area contributed by atoms with Crippen LogP contribution in [0.25, 0.3) is 11.0 Å². The topological polar surface area (TPSA) is 120 Å². The summed E-state index contributed by atoms with van der Waals surface area (Å²) in [6.07, 6.45) is -2.01. The van der Waals surface area contributed by atoms with E-state index in [1.165, 1.54) is 17.8 Å². The number of ether oxygens (including phenoxy) is 2. The fourth-order valence-electron chi connectivity index (χ4n) is 3.60. The van der Waals surface area contributed by atoms with Gasteiger partial charge in [-0.2, -0.15) is 4.98 Å². The predicted octanol–water partition coefficient (Wildman–Crippen LogP) is 2.99. The van der Waals surface area contributed by atoms with Crippen LogP contribution in [0.15, 0.2) is 12.4 Å². The number of phosphoric ester groups is 1. The number of aromatic nitrogens is 3. The monoisotopic (exact) mass is 430 g/mol. The van der Waals surface area contributed by atoms with Crippen molar-refractivity contribution in [2.75, 3.05) is 18.9 Å². The van der Waals surface area contributed by atoms with E-state index in [9.17, 15) is 4.57 Å². The first-order valence-corrected chi connectivity index (χ1v) is 10.8. The van der Waals surface area contributed by atoms with Crippen molar-refractivity contribution in [2.24, 2.45) is 0 Å². The van der Waals surface area contributed by atoms with Gasteiger partial charge in [0.1, 0.15) is 18.0 Å². The molecular weight excluding hydrogens is 406 g/mol. The van der Waals surface area contributed by atoms with Crippen LogP contribution in [0.2, 0.25) is 0 Å². The van der Waals surface area contributed by atoms with Crippen molar-refractivity contribution in [3.8, 4) is 5.88 Å². The number of phosphoric acid groups is 1. The first-order chi connectivity index (χ1) is 13.6. The van der Waals surface area contributed by atoms with Gasteiger partial charge in [0.2, 0.25) is 5.88 Å². The Morgan fingerprint density at radius 1 is 1.52 bits per heavy atom. The summed E-state index contributed by atoms with van der Waals surface area (Å²) in [5.74, 6) is 0.458. The number of pyridine rings is 1. The van der Waals surface area contributed by atoms with E-state index < -0.39 is 38.0 Å². The van der Waals surface area contributed by atoms with Gasteiger partial charge in [0, 0.05) is 6.07 Å². The molecule has 0 saturated carbocycles. The van der Waals surface area contributed by atoms with E-state index in [1.807, 2.05) is 6.92 Å². The van der Waals surface area contributed by atoms with E-state index in [2.05, 4.69) is 9.97 Å². The van der Waals surface area contributed by atoms with Crippen LogP contribution in [0.3, 0.4) is 0 Å². The summed E-state index contributed by atoms with van der Waals surface area (Å²) in [7, 11) is -3.89. The van der Waals surface area contributed by atoms with Gasteiger partial charge in [0.05, 0.1) is 31.2 Å². The van der Waals surface area contributed by atoms with Gasteiger partial charge < -0.3 is 19.8 Å². The third kappa shape index (κ3) is 3.51. The molecule has 2 aromatic rings. The second-order valence-corrected chi connectivity index (χ2v) is 8.98. The fraction of sp³-hybridized carbons (Fsp3) is 0.647. The highest BCUT2D eigenvalue weighted by atomic mass is 31.2. The summed E-state index contributed by atoms with van der Waals surface area (Å²) in [4.78, 5) is 8.43. The molecule has 160 valence electrons. The maximum atomic E-state index is 15.9. The molecule has 0 aliphatic carbocycles. The molecule has 2 aliphatic rings. The zero-order valence-corrected chi connectivity index (χ0v) is 17.5. The van der Waals surface area contributed by atoms with Crippen LogP contribution in [0, 0.1) is 0 Å². The van der Waals surface area contributed by atoms with Crippen molar-refractivity contribution in [3.05, 3.63) is 12.4 Å². The Morgan fingerprint density at radius 3 is 2.97 bits per heavy atom. The van der Waals surface area contributed by atoms with Crippen molar-refractivity contribution < 1.29 is 32.0 Å². The number of nitrogens with zero attached hydrogens (tertiary/aromatic N) is 3. The lowest BCUT2D eigenvalue weighted by Gasteiger charge is -2.34. The van der Waals surface area contributed by atoms with Gasteiger partial charge in [-0.3, -0.25) is 13.6 Å². The minimum Gasteiger partial charge on any atom is -0.476 e. The third-order valence-corrected chi connectivity index (χ3v) is 6.37. The van der Waals surface area contributed by atoms with Crippen molar-refractivity contribution in [1.82, 2.24) is 14.5 Å². The Labute approximate surface area is 167 Å². The van der Waals surface area contributed by atoms with Crippen LogP contribution in [-0.2, 0) is 22.9 Å². The summed E-state index contributed by atoms with van der Waals surface area (Å²) in [5, 5.41) is 0. The number of alkyl halides is 1. The molecule has 12 heteroatoms. The number of rotatable bonds is 5. The highest BCUT2D eigenvalue weighted by Crippen LogP contribution is 2.60. The van der Waals surface area contributed by atoms with Crippen molar-refractivity contribution in [2.45, 2.75) is 57.9 Å². The van der Waals surface area contributed by atoms with Crippen LogP contribution in [0.1, 0.15) is 33.9 Å². The van der Waals surface area contributed by atoms with Crippen LogP contribution in [0.4, 0.5) is 10.2 Å². The number of nitrogen functional groups attached to an aromatic ring is 1. The van der Waals surface area contributed by atoms with Crippen molar-refractivity contribution in [1.29, 1.82) is 0 Å². The summed E-state index contributed by atoms with van der Waals surface area (Å²) in [6, 6.07) is 1.57. The number of hydrogen-bond donors (Lipinski definition) is 1. The fourth-order valence-corrected chi connectivity index (χ4v) is 5.24. The summed E-state index contributed by atoms with van der Waals surface area (Å²) in [6.45, 7) is 6.77. The highest BCUT2D eigenvalue weighted by molar-refractivity contribution is 7.48. The highest BCUT2D eigenvalue weighted by Gasteiger charge is 2.61. The average molecular weight is 430 g/mol. The van der Waals surface area contributed by atoms with E-state index in [-0.39, 0.29) is 18.3 Å².